The molecular weight excluding hydrogens is 259 g/mol. The summed E-state index contributed by atoms with van der Waals surface area (Å²) in [6.45, 7) is 3.72. The van der Waals surface area contributed by atoms with Crippen molar-refractivity contribution in [2.45, 2.75) is 6.54 Å². The first kappa shape index (κ1) is 14.7. The Balaban J connectivity index is 1.79. The van der Waals surface area contributed by atoms with Crippen LogP contribution in [0, 0.1) is 5.82 Å². The Morgan fingerprint density at radius 1 is 0.950 bits per heavy atom. The molecule has 0 saturated carbocycles. The van der Waals surface area contributed by atoms with Gasteiger partial charge < -0.3 is 20.2 Å². The van der Waals surface area contributed by atoms with Crippen LogP contribution in [0.15, 0.2) is 40.8 Å². The van der Waals surface area contributed by atoms with Crippen LogP contribution in [-0.4, -0.2) is 31.3 Å². The van der Waals surface area contributed by atoms with Gasteiger partial charge >= 0.3 is 0 Å². The van der Waals surface area contributed by atoms with Crippen LogP contribution in [0.1, 0.15) is 5.76 Å². The number of aliphatic hydroxyl groups excluding tert-OH is 1. The van der Waals surface area contributed by atoms with Crippen LogP contribution in [0.2, 0.25) is 0 Å². The third-order valence-corrected chi connectivity index (χ3v) is 3.04. The molecule has 0 aliphatic rings. The van der Waals surface area contributed by atoms with Crippen molar-refractivity contribution in [1.82, 2.24) is 0 Å². The number of furan rings is 1. The van der Waals surface area contributed by atoms with E-state index in [0.717, 1.165) is 43.3 Å². The van der Waals surface area contributed by atoms with Gasteiger partial charge in [0.15, 0.2) is 5.76 Å². The molecule has 5 N–H and O–H groups in total. The minimum absolute atomic E-state index is 0.221. The van der Waals surface area contributed by atoms with Crippen molar-refractivity contribution >= 4 is 0 Å². The lowest BCUT2D eigenvalue weighted by Crippen LogP contribution is -2.94. The van der Waals surface area contributed by atoms with Crippen molar-refractivity contribution in [3.63, 3.8) is 0 Å². The molecule has 0 aliphatic heterocycles. The van der Waals surface area contributed by atoms with Crippen LogP contribution in [0.4, 0.5) is 4.39 Å². The first-order valence-corrected chi connectivity index (χ1v) is 6.88. The highest BCUT2D eigenvalue weighted by Gasteiger charge is 2.06. The highest BCUT2D eigenvalue weighted by atomic mass is 19.1. The number of benzene rings is 1. The molecular formula is C15H21FN2O2+2. The number of hydrogen-bond donors (Lipinski definition) is 3. The highest BCUT2D eigenvalue weighted by Crippen LogP contribution is 2.21. The first-order chi connectivity index (χ1) is 9.79. The fraction of sp³-hybridized carbons (Fsp3) is 0.333. The number of nitrogens with two attached hydrogens (primary N) is 2. The van der Waals surface area contributed by atoms with E-state index in [0.29, 0.717) is 0 Å². The Hall–Kier alpha value is -1.69. The fourth-order valence-corrected chi connectivity index (χ4v) is 1.97. The van der Waals surface area contributed by atoms with Gasteiger partial charge in [-0.2, -0.15) is 0 Å². The molecule has 20 heavy (non-hydrogen) atoms. The minimum atomic E-state index is -0.243. The van der Waals surface area contributed by atoms with Gasteiger partial charge in [0.1, 0.15) is 31.2 Å². The van der Waals surface area contributed by atoms with Crippen molar-refractivity contribution in [1.29, 1.82) is 0 Å². The van der Waals surface area contributed by atoms with Gasteiger partial charge in [-0.25, -0.2) is 4.39 Å². The predicted molar refractivity (Wildman–Crippen MR) is 73.3 cm³/mol. The van der Waals surface area contributed by atoms with Crippen LogP contribution in [0.5, 0.6) is 0 Å². The van der Waals surface area contributed by atoms with Crippen LogP contribution in [0.3, 0.4) is 0 Å². The van der Waals surface area contributed by atoms with E-state index in [4.69, 9.17) is 9.52 Å². The smallest absolute Gasteiger partial charge is 0.158 e. The molecule has 0 aliphatic carbocycles. The van der Waals surface area contributed by atoms with E-state index in [-0.39, 0.29) is 12.4 Å². The standard InChI is InChI=1S/C15H19FN2O2/c16-13-3-1-12(2-4-13)15-6-5-14(20-15)11-18-8-7-17-9-10-19/h1-6,17-19H,7-11H2/p+2. The van der Waals surface area contributed by atoms with E-state index in [1.54, 1.807) is 12.1 Å². The number of halogens is 1. The maximum Gasteiger partial charge on any atom is 0.158 e. The molecule has 108 valence electrons. The van der Waals surface area contributed by atoms with Gasteiger partial charge in [-0.15, -0.1) is 0 Å². The maximum absolute atomic E-state index is 12.8. The maximum atomic E-state index is 12.8. The molecule has 0 unspecified atom stereocenters. The molecule has 0 radical (unpaired) electrons. The average Bonchev–Trinajstić information content (AvgIpc) is 2.92. The summed E-state index contributed by atoms with van der Waals surface area (Å²) in [4.78, 5) is 0. The Kier molecular flexibility index (Phi) is 5.73. The number of rotatable bonds is 8. The lowest BCUT2D eigenvalue weighted by molar-refractivity contribution is -0.732. The SMILES string of the molecule is OCC[NH2+]CC[NH2+]Cc1ccc(-c2ccc(F)cc2)o1. The molecule has 1 aromatic heterocycles. The van der Waals surface area contributed by atoms with Crippen molar-refractivity contribution in [2.24, 2.45) is 0 Å². The third-order valence-electron chi connectivity index (χ3n) is 3.04. The van der Waals surface area contributed by atoms with E-state index in [1.165, 1.54) is 12.1 Å². The van der Waals surface area contributed by atoms with Crippen molar-refractivity contribution in [3.8, 4) is 11.3 Å². The molecule has 5 heteroatoms. The number of aliphatic hydroxyl groups is 1. The zero-order valence-corrected chi connectivity index (χ0v) is 11.4. The summed E-state index contributed by atoms with van der Waals surface area (Å²) < 4.78 is 18.6. The first-order valence-electron chi connectivity index (χ1n) is 6.88. The molecule has 0 bridgehead atoms. The van der Waals surface area contributed by atoms with Crippen molar-refractivity contribution in [2.75, 3.05) is 26.2 Å². The minimum Gasteiger partial charge on any atom is -0.455 e. The molecule has 0 atom stereocenters. The van der Waals surface area contributed by atoms with Crippen LogP contribution < -0.4 is 10.6 Å². The summed E-state index contributed by atoms with van der Waals surface area (Å²) in [7, 11) is 0. The quantitative estimate of drug-likeness (QED) is 0.582. The topological polar surface area (TPSA) is 66.6 Å². The predicted octanol–water partition coefficient (Wildman–Crippen LogP) is -0.295. The van der Waals surface area contributed by atoms with Gasteiger partial charge in [0.05, 0.1) is 13.2 Å². The summed E-state index contributed by atoms with van der Waals surface area (Å²) in [6.07, 6.45) is 0. The average molecular weight is 280 g/mol. The van der Waals surface area contributed by atoms with Gasteiger partial charge in [-0.05, 0) is 36.4 Å². The van der Waals surface area contributed by atoms with Gasteiger partial charge in [-0.1, -0.05) is 0 Å². The Morgan fingerprint density at radius 2 is 1.70 bits per heavy atom. The molecule has 0 saturated heterocycles. The van der Waals surface area contributed by atoms with Gasteiger partial charge in [0.25, 0.3) is 0 Å². The molecule has 4 nitrogen and oxygen atoms in total. The Morgan fingerprint density at radius 3 is 2.45 bits per heavy atom. The molecule has 0 spiro atoms. The molecule has 0 fully saturated rings. The van der Waals surface area contributed by atoms with Crippen LogP contribution in [0.25, 0.3) is 11.3 Å². The van der Waals surface area contributed by atoms with Crippen molar-refractivity contribution in [3.05, 3.63) is 48.0 Å². The molecule has 1 heterocycles. The summed E-state index contributed by atoms with van der Waals surface area (Å²) in [5.41, 5.74) is 0.883. The molecule has 0 amide bonds. The van der Waals surface area contributed by atoms with Gasteiger partial charge in [0.2, 0.25) is 0 Å². The van der Waals surface area contributed by atoms with Crippen LogP contribution >= 0.6 is 0 Å². The third kappa shape index (κ3) is 4.45. The summed E-state index contributed by atoms with van der Waals surface area (Å²) in [5, 5.41) is 12.9. The van der Waals surface area contributed by atoms with Crippen molar-refractivity contribution < 1.29 is 24.5 Å². The summed E-state index contributed by atoms with van der Waals surface area (Å²) in [5.74, 6) is 1.43. The van der Waals surface area contributed by atoms with E-state index in [9.17, 15) is 4.39 Å². The lowest BCUT2D eigenvalue weighted by atomic mass is 10.2. The lowest BCUT2D eigenvalue weighted by Gasteiger charge is -2.00. The van der Waals surface area contributed by atoms with E-state index >= 15 is 0 Å². The highest BCUT2D eigenvalue weighted by molar-refractivity contribution is 5.57. The summed E-state index contributed by atoms with van der Waals surface area (Å²) >= 11 is 0. The van der Waals surface area contributed by atoms with Gasteiger partial charge in [-0.3, -0.25) is 0 Å². The largest absolute Gasteiger partial charge is 0.455 e. The Bertz CT molecular complexity index is 511. The normalized spacial score (nSPS) is 10.9. The Labute approximate surface area is 117 Å². The zero-order chi connectivity index (χ0) is 14.2. The second-order valence-electron chi connectivity index (χ2n) is 4.64. The molecule has 2 rings (SSSR count). The number of quaternary nitrogens is 2. The number of hydrogen-bond acceptors (Lipinski definition) is 2. The van der Waals surface area contributed by atoms with Gasteiger partial charge in [0, 0.05) is 5.56 Å². The zero-order valence-electron chi connectivity index (χ0n) is 11.4. The molecule has 2 aromatic rings. The second-order valence-corrected chi connectivity index (χ2v) is 4.64. The molecule has 1 aromatic carbocycles. The van der Waals surface area contributed by atoms with E-state index in [1.807, 2.05) is 12.1 Å². The van der Waals surface area contributed by atoms with E-state index in [2.05, 4.69) is 10.6 Å². The van der Waals surface area contributed by atoms with E-state index < -0.39 is 0 Å². The monoisotopic (exact) mass is 280 g/mol. The van der Waals surface area contributed by atoms with Crippen LogP contribution in [-0.2, 0) is 6.54 Å². The fourth-order valence-electron chi connectivity index (χ4n) is 1.97. The second kappa shape index (κ2) is 7.79. The summed E-state index contributed by atoms with van der Waals surface area (Å²) in [6, 6.07) is 10.2.